The number of hydrogen-bond acceptors (Lipinski definition) is 5. The lowest BCUT2D eigenvalue weighted by molar-refractivity contribution is -0.136. The molecule has 0 amide bonds. The van der Waals surface area contributed by atoms with Crippen LogP contribution in [0.5, 0.6) is 5.88 Å². The van der Waals surface area contributed by atoms with E-state index in [0.29, 0.717) is 30.9 Å². The number of carboxylic acid groups (broad SMARTS) is 1. The van der Waals surface area contributed by atoms with Crippen LogP contribution in [0, 0.1) is 0 Å². The molecular weight excluding hydrogens is 330 g/mol. The third kappa shape index (κ3) is 5.37. The van der Waals surface area contributed by atoms with Crippen LogP contribution in [-0.2, 0) is 30.7 Å². The van der Waals surface area contributed by atoms with Gasteiger partial charge in [0.05, 0.1) is 12.1 Å². The summed E-state index contributed by atoms with van der Waals surface area (Å²) >= 11 is 0. The molecule has 0 aliphatic carbocycles. The molecule has 0 fully saturated rings. The topological polar surface area (TPSA) is 85.2 Å². The van der Waals surface area contributed by atoms with Crippen molar-refractivity contribution in [2.45, 2.75) is 25.9 Å². The maximum Gasteiger partial charge on any atom is 0.307 e. The summed E-state index contributed by atoms with van der Waals surface area (Å²) in [4.78, 5) is 15.0. The predicted octanol–water partition coefficient (Wildman–Crippen LogP) is 2.86. The monoisotopic (exact) mass is 349 g/mol. The van der Waals surface area contributed by atoms with Gasteiger partial charge in [-0.05, 0) is 36.1 Å². The molecule has 0 aliphatic heterocycles. The number of aromatic nitrogens is 3. The lowest BCUT2D eigenvalue weighted by Gasteiger charge is -2.06. The van der Waals surface area contributed by atoms with Gasteiger partial charge in [-0.2, -0.15) is 5.10 Å². The molecule has 0 aliphatic rings. The van der Waals surface area contributed by atoms with Gasteiger partial charge >= 0.3 is 5.97 Å². The van der Waals surface area contributed by atoms with Gasteiger partial charge in [-0.15, -0.1) is 5.10 Å². The molecule has 0 spiro atoms. The summed E-state index contributed by atoms with van der Waals surface area (Å²) in [6, 6.07) is 17.2. The number of carbonyl (C=O) groups is 1. The third-order valence-corrected chi connectivity index (χ3v) is 3.80. The van der Waals surface area contributed by atoms with Crippen molar-refractivity contribution in [1.29, 1.82) is 0 Å². The normalized spacial score (nSPS) is 10.5. The van der Waals surface area contributed by atoms with E-state index in [0.717, 1.165) is 17.0 Å². The van der Waals surface area contributed by atoms with Crippen molar-refractivity contribution in [2.24, 2.45) is 0 Å². The third-order valence-electron chi connectivity index (χ3n) is 3.80. The molecule has 6 heteroatoms. The second-order valence-electron chi connectivity index (χ2n) is 5.87. The van der Waals surface area contributed by atoms with Crippen LogP contribution in [0.1, 0.15) is 22.5 Å². The molecule has 132 valence electrons. The van der Waals surface area contributed by atoms with Gasteiger partial charge in [-0.1, -0.05) is 36.4 Å². The summed E-state index contributed by atoms with van der Waals surface area (Å²) in [6.45, 7) is 0.460. The zero-order chi connectivity index (χ0) is 18.2. The molecule has 0 saturated carbocycles. The fourth-order valence-corrected chi connectivity index (χ4v) is 2.43. The van der Waals surface area contributed by atoms with E-state index < -0.39 is 5.97 Å². The SMILES string of the molecule is O=C(O)Cc1ccc(CCc2ccc(OCc3ccccc3)nn2)nc1. The van der Waals surface area contributed by atoms with E-state index in [2.05, 4.69) is 15.2 Å². The number of nitrogens with zero attached hydrogens (tertiary/aromatic N) is 3. The van der Waals surface area contributed by atoms with Gasteiger partial charge in [0, 0.05) is 18.0 Å². The highest BCUT2D eigenvalue weighted by Gasteiger charge is 2.04. The number of aryl methyl sites for hydroxylation is 2. The minimum absolute atomic E-state index is 0.0107. The Labute approximate surface area is 151 Å². The quantitative estimate of drug-likeness (QED) is 0.673. The molecule has 6 nitrogen and oxygen atoms in total. The maximum atomic E-state index is 10.7. The summed E-state index contributed by atoms with van der Waals surface area (Å²) < 4.78 is 5.62. The van der Waals surface area contributed by atoms with Gasteiger partial charge < -0.3 is 9.84 Å². The highest BCUT2D eigenvalue weighted by molar-refractivity contribution is 5.69. The van der Waals surface area contributed by atoms with Crippen molar-refractivity contribution in [3.63, 3.8) is 0 Å². The lowest BCUT2D eigenvalue weighted by atomic mass is 10.1. The summed E-state index contributed by atoms with van der Waals surface area (Å²) in [5.41, 5.74) is 3.52. The van der Waals surface area contributed by atoms with Gasteiger partial charge in [-0.3, -0.25) is 9.78 Å². The Morgan fingerprint density at radius 2 is 1.65 bits per heavy atom. The van der Waals surface area contributed by atoms with Crippen LogP contribution in [0.4, 0.5) is 0 Å². The zero-order valence-corrected chi connectivity index (χ0v) is 14.2. The number of aliphatic carboxylic acids is 1. The van der Waals surface area contributed by atoms with Gasteiger partial charge in [0.1, 0.15) is 6.61 Å². The molecule has 0 radical (unpaired) electrons. The van der Waals surface area contributed by atoms with E-state index in [1.807, 2.05) is 48.5 Å². The average molecular weight is 349 g/mol. The first-order valence-electron chi connectivity index (χ1n) is 8.34. The van der Waals surface area contributed by atoms with Crippen molar-refractivity contribution >= 4 is 5.97 Å². The van der Waals surface area contributed by atoms with E-state index in [-0.39, 0.29) is 6.42 Å². The second-order valence-corrected chi connectivity index (χ2v) is 5.87. The first kappa shape index (κ1) is 17.5. The van der Waals surface area contributed by atoms with Crippen LogP contribution in [0.3, 0.4) is 0 Å². The van der Waals surface area contributed by atoms with Crippen molar-refractivity contribution in [1.82, 2.24) is 15.2 Å². The molecule has 0 atom stereocenters. The number of hydrogen-bond donors (Lipinski definition) is 1. The molecule has 1 aromatic carbocycles. The number of ether oxygens (including phenoxy) is 1. The van der Waals surface area contributed by atoms with E-state index in [9.17, 15) is 4.79 Å². The van der Waals surface area contributed by atoms with Crippen LogP contribution >= 0.6 is 0 Å². The molecule has 3 aromatic rings. The van der Waals surface area contributed by atoms with Gasteiger partial charge in [0.2, 0.25) is 5.88 Å². The number of rotatable bonds is 8. The van der Waals surface area contributed by atoms with Crippen LogP contribution in [-0.4, -0.2) is 26.3 Å². The average Bonchev–Trinajstić information content (AvgIpc) is 2.67. The maximum absolute atomic E-state index is 10.7. The smallest absolute Gasteiger partial charge is 0.307 e. The van der Waals surface area contributed by atoms with Gasteiger partial charge in [-0.25, -0.2) is 0 Å². The number of pyridine rings is 1. The number of carboxylic acids is 1. The first-order valence-corrected chi connectivity index (χ1v) is 8.34. The molecular formula is C20H19N3O3. The molecule has 1 N–H and O–H groups in total. The second kappa shape index (κ2) is 8.71. The fraction of sp³-hybridized carbons (Fsp3) is 0.200. The van der Waals surface area contributed by atoms with Crippen LogP contribution in [0.25, 0.3) is 0 Å². The summed E-state index contributed by atoms with van der Waals surface area (Å²) in [6.07, 6.45) is 3.02. The lowest BCUT2D eigenvalue weighted by Crippen LogP contribution is -2.03. The fourth-order valence-electron chi connectivity index (χ4n) is 2.43. The van der Waals surface area contributed by atoms with Crippen molar-refractivity contribution in [2.75, 3.05) is 0 Å². The molecule has 0 unspecified atom stereocenters. The summed E-state index contributed by atoms with van der Waals surface area (Å²) in [5, 5.41) is 17.0. The Morgan fingerprint density at radius 3 is 2.31 bits per heavy atom. The van der Waals surface area contributed by atoms with Crippen molar-refractivity contribution < 1.29 is 14.6 Å². The predicted molar refractivity (Wildman–Crippen MR) is 95.8 cm³/mol. The Hall–Kier alpha value is -3.28. The first-order chi connectivity index (χ1) is 12.7. The largest absolute Gasteiger partial charge is 0.481 e. The number of benzene rings is 1. The molecule has 26 heavy (non-hydrogen) atoms. The minimum atomic E-state index is -0.857. The molecule has 0 saturated heterocycles. The minimum Gasteiger partial charge on any atom is -0.481 e. The Balaban J connectivity index is 1.49. The van der Waals surface area contributed by atoms with Crippen molar-refractivity contribution in [3.05, 3.63) is 83.3 Å². The highest BCUT2D eigenvalue weighted by Crippen LogP contribution is 2.10. The van der Waals surface area contributed by atoms with E-state index in [1.165, 1.54) is 0 Å². The van der Waals surface area contributed by atoms with Crippen LogP contribution in [0.2, 0.25) is 0 Å². The highest BCUT2D eigenvalue weighted by atomic mass is 16.5. The molecule has 0 bridgehead atoms. The Morgan fingerprint density at radius 1 is 0.885 bits per heavy atom. The van der Waals surface area contributed by atoms with E-state index in [4.69, 9.17) is 9.84 Å². The van der Waals surface area contributed by atoms with Gasteiger partial charge in [0.25, 0.3) is 0 Å². The molecule has 2 aromatic heterocycles. The molecule has 3 rings (SSSR count). The molecule has 2 heterocycles. The summed E-state index contributed by atoms with van der Waals surface area (Å²) in [5.74, 6) is -0.363. The van der Waals surface area contributed by atoms with E-state index in [1.54, 1.807) is 12.3 Å². The van der Waals surface area contributed by atoms with Crippen LogP contribution < -0.4 is 4.74 Å². The Kier molecular flexibility index (Phi) is 5.88. The zero-order valence-electron chi connectivity index (χ0n) is 14.2. The van der Waals surface area contributed by atoms with Crippen LogP contribution in [0.15, 0.2) is 60.8 Å². The Bertz CT molecular complexity index is 834. The summed E-state index contributed by atoms with van der Waals surface area (Å²) in [7, 11) is 0. The van der Waals surface area contributed by atoms with E-state index >= 15 is 0 Å². The van der Waals surface area contributed by atoms with Crippen molar-refractivity contribution in [3.8, 4) is 5.88 Å². The van der Waals surface area contributed by atoms with Gasteiger partial charge in [0.15, 0.2) is 0 Å². The standard InChI is InChI=1S/C20H19N3O3/c24-20(25)12-16-6-7-17(21-13-16)8-9-18-10-11-19(23-22-18)26-14-15-4-2-1-3-5-15/h1-7,10-11,13H,8-9,12,14H2,(H,24,25).